The van der Waals surface area contributed by atoms with Crippen molar-refractivity contribution in [2.75, 3.05) is 34.8 Å². The van der Waals surface area contributed by atoms with Crippen LogP contribution in [-0.4, -0.2) is 51.7 Å². The number of carboxylic acids is 1. The van der Waals surface area contributed by atoms with Gasteiger partial charge in [0.2, 0.25) is 0 Å². The molecule has 0 spiro atoms. The van der Waals surface area contributed by atoms with E-state index in [2.05, 4.69) is 20.2 Å². The molecular formula is C11H16N4O2S. The van der Waals surface area contributed by atoms with Crippen LogP contribution in [0.1, 0.15) is 6.92 Å². The smallest absolute Gasteiger partial charge is 0.325 e. The van der Waals surface area contributed by atoms with Crippen molar-refractivity contribution >= 4 is 29.4 Å². The normalized spacial score (nSPS) is 17.3. The number of hydrogen-bond donors (Lipinski definition) is 2. The number of nitrogens with zero attached hydrogens (tertiary/aromatic N) is 3. The zero-order valence-electron chi connectivity index (χ0n) is 10.2. The van der Waals surface area contributed by atoms with Crippen molar-refractivity contribution in [1.82, 2.24) is 9.97 Å². The molecule has 0 aliphatic carbocycles. The van der Waals surface area contributed by atoms with E-state index in [1.54, 1.807) is 13.0 Å². The van der Waals surface area contributed by atoms with Crippen molar-refractivity contribution in [2.45, 2.75) is 13.0 Å². The highest BCUT2D eigenvalue weighted by Gasteiger charge is 2.15. The molecule has 2 rings (SSSR count). The molecule has 0 aromatic carbocycles. The highest BCUT2D eigenvalue weighted by Crippen LogP contribution is 2.19. The average molecular weight is 268 g/mol. The van der Waals surface area contributed by atoms with Gasteiger partial charge in [-0.1, -0.05) is 0 Å². The van der Waals surface area contributed by atoms with Crippen LogP contribution >= 0.6 is 11.8 Å². The second-order valence-electron chi connectivity index (χ2n) is 4.07. The first kappa shape index (κ1) is 12.9. The van der Waals surface area contributed by atoms with Gasteiger partial charge in [-0.3, -0.25) is 4.79 Å². The SMILES string of the molecule is CC(Nc1cc(N2CCSCC2)ncn1)C(=O)O. The molecule has 0 amide bonds. The van der Waals surface area contributed by atoms with E-state index in [1.165, 1.54) is 6.33 Å². The van der Waals surface area contributed by atoms with Crippen LogP contribution in [0.25, 0.3) is 0 Å². The van der Waals surface area contributed by atoms with Crippen molar-refractivity contribution in [3.63, 3.8) is 0 Å². The van der Waals surface area contributed by atoms with Crippen LogP contribution in [0.4, 0.5) is 11.6 Å². The zero-order chi connectivity index (χ0) is 13.0. The van der Waals surface area contributed by atoms with Crippen molar-refractivity contribution in [1.29, 1.82) is 0 Å². The van der Waals surface area contributed by atoms with E-state index in [4.69, 9.17) is 5.11 Å². The number of hydrogen-bond acceptors (Lipinski definition) is 6. The number of rotatable bonds is 4. The number of aliphatic carboxylic acids is 1. The van der Waals surface area contributed by atoms with Crippen molar-refractivity contribution < 1.29 is 9.90 Å². The molecule has 0 saturated carbocycles. The second kappa shape index (κ2) is 5.90. The molecule has 98 valence electrons. The Balaban J connectivity index is 2.06. The minimum absolute atomic E-state index is 0.549. The van der Waals surface area contributed by atoms with Gasteiger partial charge in [0.25, 0.3) is 0 Å². The van der Waals surface area contributed by atoms with Gasteiger partial charge in [0, 0.05) is 30.7 Å². The first-order chi connectivity index (χ1) is 8.66. The monoisotopic (exact) mass is 268 g/mol. The molecule has 18 heavy (non-hydrogen) atoms. The lowest BCUT2D eigenvalue weighted by atomic mass is 10.3. The van der Waals surface area contributed by atoms with E-state index in [0.29, 0.717) is 5.82 Å². The van der Waals surface area contributed by atoms with Crippen LogP contribution in [0.2, 0.25) is 0 Å². The van der Waals surface area contributed by atoms with E-state index < -0.39 is 12.0 Å². The van der Waals surface area contributed by atoms with Crippen molar-refractivity contribution in [3.8, 4) is 0 Å². The summed E-state index contributed by atoms with van der Waals surface area (Å²) < 4.78 is 0. The lowest BCUT2D eigenvalue weighted by Gasteiger charge is -2.27. The molecule has 2 N–H and O–H groups in total. The van der Waals surface area contributed by atoms with E-state index >= 15 is 0 Å². The Morgan fingerprint density at radius 1 is 1.50 bits per heavy atom. The van der Waals surface area contributed by atoms with Crippen LogP contribution in [0.15, 0.2) is 12.4 Å². The molecule has 1 aromatic heterocycles. The lowest BCUT2D eigenvalue weighted by molar-refractivity contribution is -0.137. The molecule has 1 aliphatic rings. The van der Waals surface area contributed by atoms with Gasteiger partial charge in [-0.2, -0.15) is 11.8 Å². The second-order valence-corrected chi connectivity index (χ2v) is 5.29. The minimum Gasteiger partial charge on any atom is -0.480 e. The summed E-state index contributed by atoms with van der Waals surface area (Å²) in [5.74, 6) is 2.69. The maximum Gasteiger partial charge on any atom is 0.325 e. The number of aromatic nitrogens is 2. The van der Waals surface area contributed by atoms with Gasteiger partial charge in [-0.15, -0.1) is 0 Å². The molecule has 1 saturated heterocycles. The third-order valence-corrected chi connectivity index (χ3v) is 3.67. The van der Waals surface area contributed by atoms with Gasteiger partial charge >= 0.3 is 5.97 Å². The zero-order valence-corrected chi connectivity index (χ0v) is 11.0. The van der Waals surface area contributed by atoms with Gasteiger partial charge in [-0.05, 0) is 6.92 Å². The average Bonchev–Trinajstić information content (AvgIpc) is 2.40. The third-order valence-electron chi connectivity index (χ3n) is 2.72. The summed E-state index contributed by atoms with van der Waals surface area (Å²) in [5.41, 5.74) is 0. The van der Waals surface area contributed by atoms with Gasteiger partial charge in [-0.25, -0.2) is 9.97 Å². The van der Waals surface area contributed by atoms with Crippen LogP contribution in [0.3, 0.4) is 0 Å². The quantitative estimate of drug-likeness (QED) is 0.840. The van der Waals surface area contributed by atoms with Crippen molar-refractivity contribution in [3.05, 3.63) is 12.4 Å². The molecule has 1 fully saturated rings. The molecule has 0 bridgehead atoms. The number of thioether (sulfide) groups is 1. The van der Waals surface area contributed by atoms with Gasteiger partial charge in [0.1, 0.15) is 24.0 Å². The summed E-state index contributed by atoms with van der Waals surface area (Å²) in [6.07, 6.45) is 1.47. The molecule has 1 atom stereocenters. The van der Waals surface area contributed by atoms with E-state index in [1.807, 2.05) is 11.8 Å². The summed E-state index contributed by atoms with van der Waals surface area (Å²) in [6.45, 7) is 3.52. The first-order valence-corrected chi connectivity index (χ1v) is 6.96. The maximum absolute atomic E-state index is 10.8. The van der Waals surface area contributed by atoms with Crippen LogP contribution < -0.4 is 10.2 Å². The first-order valence-electron chi connectivity index (χ1n) is 5.81. The van der Waals surface area contributed by atoms with E-state index in [-0.39, 0.29) is 0 Å². The summed E-state index contributed by atoms with van der Waals surface area (Å²) in [5, 5.41) is 11.7. The highest BCUT2D eigenvalue weighted by molar-refractivity contribution is 7.99. The molecule has 0 radical (unpaired) electrons. The lowest BCUT2D eigenvalue weighted by Crippen LogP contribution is -2.33. The predicted molar refractivity (Wildman–Crippen MR) is 72.3 cm³/mol. The molecular weight excluding hydrogens is 252 g/mol. The third kappa shape index (κ3) is 3.25. The number of anilines is 2. The maximum atomic E-state index is 10.8. The fourth-order valence-corrected chi connectivity index (χ4v) is 2.58. The Labute approximate surface area is 110 Å². The molecule has 6 nitrogen and oxygen atoms in total. The Morgan fingerprint density at radius 2 is 2.22 bits per heavy atom. The van der Waals surface area contributed by atoms with E-state index in [0.717, 1.165) is 30.4 Å². The Morgan fingerprint density at radius 3 is 2.89 bits per heavy atom. The molecule has 2 heterocycles. The van der Waals surface area contributed by atoms with Gasteiger partial charge in [0.05, 0.1) is 0 Å². The van der Waals surface area contributed by atoms with E-state index in [9.17, 15) is 4.79 Å². The summed E-state index contributed by atoms with van der Waals surface area (Å²) >= 11 is 1.93. The van der Waals surface area contributed by atoms with Crippen molar-refractivity contribution in [2.24, 2.45) is 0 Å². The van der Waals surface area contributed by atoms with Crippen LogP contribution in [0.5, 0.6) is 0 Å². The molecule has 1 unspecified atom stereocenters. The van der Waals surface area contributed by atoms with Gasteiger partial charge < -0.3 is 15.3 Å². The molecule has 1 aromatic rings. The van der Waals surface area contributed by atoms with Gasteiger partial charge in [0.15, 0.2) is 0 Å². The predicted octanol–water partition coefficient (Wildman–Crippen LogP) is 0.915. The Bertz CT molecular complexity index is 423. The molecule has 7 heteroatoms. The summed E-state index contributed by atoms with van der Waals surface area (Å²) in [7, 11) is 0. The molecule has 1 aliphatic heterocycles. The number of carboxylic acid groups (broad SMARTS) is 1. The summed E-state index contributed by atoms with van der Waals surface area (Å²) in [6, 6.07) is 1.14. The summed E-state index contributed by atoms with van der Waals surface area (Å²) in [4.78, 5) is 21.2. The Kier molecular flexibility index (Phi) is 4.24. The standard InChI is InChI=1S/C11H16N4O2S/c1-8(11(16)17)14-9-6-10(13-7-12-9)15-2-4-18-5-3-15/h6-8H,2-5H2,1H3,(H,16,17)(H,12,13,14). The number of carbonyl (C=O) groups is 1. The highest BCUT2D eigenvalue weighted by atomic mass is 32.2. The van der Waals surface area contributed by atoms with Crippen LogP contribution in [-0.2, 0) is 4.79 Å². The minimum atomic E-state index is -0.899. The van der Waals surface area contributed by atoms with Crippen LogP contribution in [0, 0.1) is 0 Å². The topological polar surface area (TPSA) is 78.3 Å². The fourth-order valence-electron chi connectivity index (χ4n) is 1.67. The Hall–Kier alpha value is -1.50. The largest absolute Gasteiger partial charge is 0.480 e. The number of nitrogens with one attached hydrogen (secondary N) is 1. The fraction of sp³-hybridized carbons (Fsp3) is 0.545.